The van der Waals surface area contributed by atoms with Crippen LogP contribution in [0.5, 0.6) is 0 Å². The second kappa shape index (κ2) is 5.27. The lowest BCUT2D eigenvalue weighted by Gasteiger charge is -2.05. The average Bonchev–Trinajstić information content (AvgIpc) is 2.14. The van der Waals surface area contributed by atoms with Gasteiger partial charge in [-0.2, -0.15) is 0 Å². The van der Waals surface area contributed by atoms with Gasteiger partial charge in [-0.15, -0.1) is 0 Å². The maximum absolute atomic E-state index is 9.19. The normalized spacial score (nSPS) is 11.9. The zero-order valence-electron chi connectivity index (χ0n) is 8.09. The molecule has 74 valence electrons. The summed E-state index contributed by atoms with van der Waals surface area (Å²) in [4.78, 5) is 2.70. The molecule has 1 aromatic carbocycles. The van der Waals surface area contributed by atoms with Crippen molar-refractivity contribution in [2.45, 2.75) is 26.0 Å². The fourth-order valence-corrected chi connectivity index (χ4v) is 1.31. The predicted molar refractivity (Wildman–Crippen MR) is 54.7 cm³/mol. The molecule has 0 aliphatic heterocycles. The number of rotatable bonds is 4. The Kier molecular flexibility index (Phi) is 3.98. The summed E-state index contributed by atoms with van der Waals surface area (Å²) in [7, 11) is 0. The molecule has 14 heavy (non-hydrogen) atoms. The second-order valence-electron chi connectivity index (χ2n) is 3.26. The van der Waals surface area contributed by atoms with Crippen LogP contribution in [0.25, 0.3) is 10.4 Å². The third kappa shape index (κ3) is 3.47. The van der Waals surface area contributed by atoms with Crippen LogP contribution >= 0.6 is 0 Å². The lowest BCUT2D eigenvalue weighted by atomic mass is 10.1. The molecule has 1 atom stereocenters. The molecule has 4 heteroatoms. The van der Waals surface area contributed by atoms with Crippen molar-refractivity contribution in [3.63, 3.8) is 0 Å². The lowest BCUT2D eigenvalue weighted by molar-refractivity contribution is 0.195. The summed E-state index contributed by atoms with van der Waals surface area (Å²) in [5.74, 6) is 0. The fraction of sp³-hybridized carbons (Fsp3) is 0.400. The molecule has 0 fully saturated rings. The highest BCUT2D eigenvalue weighted by Gasteiger charge is 1.99. The van der Waals surface area contributed by atoms with Crippen molar-refractivity contribution in [3.8, 4) is 0 Å². The topological polar surface area (TPSA) is 69.0 Å². The molecule has 0 bridgehead atoms. The first-order valence-corrected chi connectivity index (χ1v) is 4.49. The Morgan fingerprint density at radius 3 is 2.86 bits per heavy atom. The van der Waals surface area contributed by atoms with Crippen molar-refractivity contribution in [1.82, 2.24) is 0 Å². The van der Waals surface area contributed by atoms with E-state index in [4.69, 9.17) is 5.53 Å². The van der Waals surface area contributed by atoms with Gasteiger partial charge in [0.25, 0.3) is 0 Å². The summed E-state index contributed by atoms with van der Waals surface area (Å²) in [6.07, 6.45) is 0.286. The summed E-state index contributed by atoms with van der Waals surface area (Å²) >= 11 is 0. The van der Waals surface area contributed by atoms with Gasteiger partial charge in [0.1, 0.15) is 0 Å². The summed E-state index contributed by atoms with van der Waals surface area (Å²) < 4.78 is 0. The Morgan fingerprint density at radius 2 is 2.21 bits per heavy atom. The molecule has 0 saturated heterocycles. The Morgan fingerprint density at radius 1 is 1.50 bits per heavy atom. The molecule has 0 aliphatic rings. The minimum Gasteiger partial charge on any atom is -0.393 e. The van der Waals surface area contributed by atoms with Gasteiger partial charge in [-0.25, -0.2) is 0 Å². The minimum atomic E-state index is -0.343. The van der Waals surface area contributed by atoms with Crippen LogP contribution in [0.4, 0.5) is 0 Å². The zero-order chi connectivity index (χ0) is 10.4. The smallest absolute Gasteiger partial charge is 0.0552 e. The lowest BCUT2D eigenvalue weighted by Crippen LogP contribution is -2.04. The molecule has 0 aromatic heterocycles. The number of aliphatic hydroxyl groups is 1. The molecular weight excluding hydrogens is 178 g/mol. The van der Waals surface area contributed by atoms with Crippen molar-refractivity contribution < 1.29 is 5.11 Å². The highest BCUT2D eigenvalue weighted by molar-refractivity contribution is 5.23. The van der Waals surface area contributed by atoms with Gasteiger partial charge in [0.05, 0.1) is 12.6 Å². The van der Waals surface area contributed by atoms with E-state index < -0.39 is 0 Å². The van der Waals surface area contributed by atoms with E-state index in [1.807, 2.05) is 24.3 Å². The zero-order valence-corrected chi connectivity index (χ0v) is 8.09. The summed E-state index contributed by atoms with van der Waals surface area (Å²) in [6.45, 7) is 2.12. The average molecular weight is 191 g/mol. The van der Waals surface area contributed by atoms with E-state index in [2.05, 4.69) is 10.0 Å². The largest absolute Gasteiger partial charge is 0.393 e. The highest BCUT2D eigenvalue weighted by Crippen LogP contribution is 2.08. The van der Waals surface area contributed by atoms with Crippen LogP contribution in [0, 0.1) is 0 Å². The van der Waals surface area contributed by atoms with E-state index in [1.165, 1.54) is 0 Å². The van der Waals surface area contributed by atoms with Crippen LogP contribution < -0.4 is 0 Å². The van der Waals surface area contributed by atoms with Gasteiger partial charge in [-0.1, -0.05) is 29.4 Å². The van der Waals surface area contributed by atoms with Crippen molar-refractivity contribution in [2.75, 3.05) is 0 Å². The van der Waals surface area contributed by atoms with Gasteiger partial charge in [0, 0.05) is 4.91 Å². The predicted octanol–water partition coefficient (Wildman–Crippen LogP) is 2.42. The van der Waals surface area contributed by atoms with E-state index in [0.29, 0.717) is 13.0 Å². The molecule has 0 saturated carbocycles. The van der Waals surface area contributed by atoms with Crippen molar-refractivity contribution in [1.29, 1.82) is 0 Å². The van der Waals surface area contributed by atoms with Gasteiger partial charge in [0.15, 0.2) is 0 Å². The van der Waals surface area contributed by atoms with E-state index in [1.54, 1.807) is 6.92 Å². The first-order chi connectivity index (χ1) is 6.72. The number of benzene rings is 1. The number of nitrogens with zero attached hydrogens (tertiary/aromatic N) is 3. The Hall–Kier alpha value is -1.51. The first kappa shape index (κ1) is 10.6. The van der Waals surface area contributed by atoms with E-state index >= 15 is 0 Å². The van der Waals surface area contributed by atoms with Gasteiger partial charge >= 0.3 is 0 Å². The molecule has 4 nitrogen and oxygen atoms in total. The quantitative estimate of drug-likeness (QED) is 0.443. The molecule has 1 aromatic rings. The van der Waals surface area contributed by atoms with Crippen molar-refractivity contribution in [3.05, 3.63) is 45.8 Å². The second-order valence-corrected chi connectivity index (χ2v) is 3.26. The van der Waals surface area contributed by atoms with Crippen LogP contribution in [0.1, 0.15) is 18.1 Å². The maximum Gasteiger partial charge on any atom is 0.0552 e. The van der Waals surface area contributed by atoms with Gasteiger partial charge in [0.2, 0.25) is 0 Å². The van der Waals surface area contributed by atoms with Gasteiger partial charge in [-0.3, -0.25) is 0 Å². The number of hydrogen-bond donors (Lipinski definition) is 1. The highest BCUT2D eigenvalue weighted by atomic mass is 16.3. The van der Waals surface area contributed by atoms with Crippen LogP contribution in [0.2, 0.25) is 0 Å². The van der Waals surface area contributed by atoms with E-state index in [-0.39, 0.29) is 6.10 Å². The number of hydrogen-bond acceptors (Lipinski definition) is 2. The molecule has 0 spiro atoms. The Balaban J connectivity index is 2.73. The molecular formula is C10H13N3O. The summed E-state index contributed by atoms with van der Waals surface area (Å²) in [6, 6.07) is 7.70. The van der Waals surface area contributed by atoms with Gasteiger partial charge < -0.3 is 5.11 Å². The van der Waals surface area contributed by atoms with E-state index in [9.17, 15) is 5.11 Å². The minimum absolute atomic E-state index is 0.343. The molecule has 0 amide bonds. The third-order valence-electron chi connectivity index (χ3n) is 1.84. The monoisotopic (exact) mass is 191 g/mol. The molecule has 0 aliphatic carbocycles. The molecule has 1 unspecified atom stereocenters. The summed E-state index contributed by atoms with van der Waals surface area (Å²) in [5, 5.41) is 12.7. The molecule has 1 rings (SSSR count). The molecule has 1 N–H and O–H groups in total. The Labute approximate surface area is 82.8 Å². The standard InChI is InChI=1S/C10H13N3O/c1-8(14)5-9-3-2-4-10(6-9)7-12-13-11/h2-4,6,8,14H,5,7H2,1H3. The van der Waals surface area contributed by atoms with Crippen LogP contribution in [-0.2, 0) is 13.0 Å². The number of azide groups is 1. The van der Waals surface area contributed by atoms with Crippen LogP contribution in [0.3, 0.4) is 0 Å². The van der Waals surface area contributed by atoms with Crippen LogP contribution in [0.15, 0.2) is 29.4 Å². The SMILES string of the molecule is CC(O)Cc1cccc(CN=[N+]=[N-])c1. The third-order valence-corrected chi connectivity index (χ3v) is 1.84. The van der Waals surface area contributed by atoms with Gasteiger partial charge in [-0.05, 0) is 30.0 Å². The molecule has 0 radical (unpaired) electrons. The fourth-order valence-electron chi connectivity index (χ4n) is 1.31. The van der Waals surface area contributed by atoms with Crippen molar-refractivity contribution >= 4 is 0 Å². The van der Waals surface area contributed by atoms with Crippen molar-refractivity contribution in [2.24, 2.45) is 5.11 Å². The number of aliphatic hydroxyl groups excluding tert-OH is 1. The van der Waals surface area contributed by atoms with E-state index in [0.717, 1.165) is 11.1 Å². The van der Waals surface area contributed by atoms with Crippen LogP contribution in [-0.4, -0.2) is 11.2 Å². The molecule has 0 heterocycles. The first-order valence-electron chi connectivity index (χ1n) is 4.49. The maximum atomic E-state index is 9.19. The summed E-state index contributed by atoms with van der Waals surface area (Å²) in [5.41, 5.74) is 10.2. The Bertz CT molecular complexity index is 343.